The summed E-state index contributed by atoms with van der Waals surface area (Å²) in [5.41, 5.74) is 3.42. The summed E-state index contributed by atoms with van der Waals surface area (Å²) >= 11 is 1.65. The summed E-state index contributed by atoms with van der Waals surface area (Å²) in [5.74, 6) is 1.14. The summed E-state index contributed by atoms with van der Waals surface area (Å²) < 4.78 is 0. The SMILES string of the molecule is Cc1cccc(-c2ncc(CN3CCC(C(O)c4cccs4)CC3)cn2)c1. The molecule has 140 valence electrons. The average Bonchev–Trinajstić information content (AvgIpc) is 3.23. The van der Waals surface area contributed by atoms with Crippen molar-refractivity contribution in [2.75, 3.05) is 13.1 Å². The lowest BCUT2D eigenvalue weighted by Crippen LogP contribution is -2.35. The largest absolute Gasteiger partial charge is 0.387 e. The molecule has 3 aromatic rings. The van der Waals surface area contributed by atoms with E-state index in [1.54, 1.807) is 11.3 Å². The van der Waals surface area contributed by atoms with E-state index >= 15 is 0 Å². The van der Waals surface area contributed by atoms with Crippen molar-refractivity contribution in [1.82, 2.24) is 14.9 Å². The van der Waals surface area contributed by atoms with Crippen LogP contribution in [0.2, 0.25) is 0 Å². The van der Waals surface area contributed by atoms with Crippen molar-refractivity contribution < 1.29 is 5.11 Å². The Morgan fingerprint density at radius 2 is 1.93 bits per heavy atom. The second kappa shape index (κ2) is 8.30. The van der Waals surface area contributed by atoms with Gasteiger partial charge in [0.2, 0.25) is 0 Å². The fourth-order valence-corrected chi connectivity index (χ4v) is 4.55. The van der Waals surface area contributed by atoms with Crippen molar-refractivity contribution in [3.05, 3.63) is 70.2 Å². The van der Waals surface area contributed by atoms with Crippen LogP contribution in [0.25, 0.3) is 11.4 Å². The first-order valence-corrected chi connectivity index (χ1v) is 10.4. The molecule has 0 saturated carbocycles. The fourth-order valence-electron chi connectivity index (χ4n) is 3.75. The van der Waals surface area contributed by atoms with Crippen LogP contribution in [-0.2, 0) is 6.54 Å². The molecule has 1 fully saturated rings. The molecule has 1 aliphatic rings. The second-order valence-electron chi connectivity index (χ2n) is 7.36. The van der Waals surface area contributed by atoms with Crippen LogP contribution in [0.4, 0.5) is 0 Å². The Kier molecular flexibility index (Phi) is 5.62. The molecule has 0 radical (unpaired) electrons. The van der Waals surface area contributed by atoms with Gasteiger partial charge in [-0.3, -0.25) is 4.90 Å². The predicted molar refractivity (Wildman–Crippen MR) is 109 cm³/mol. The molecule has 1 unspecified atom stereocenters. The maximum atomic E-state index is 10.5. The lowest BCUT2D eigenvalue weighted by atomic mass is 9.90. The minimum Gasteiger partial charge on any atom is -0.387 e. The number of hydrogen-bond donors (Lipinski definition) is 1. The van der Waals surface area contributed by atoms with Crippen LogP contribution >= 0.6 is 11.3 Å². The topological polar surface area (TPSA) is 49.2 Å². The number of hydrogen-bond acceptors (Lipinski definition) is 5. The Bertz CT molecular complexity index is 856. The van der Waals surface area contributed by atoms with Gasteiger partial charge in [0.05, 0.1) is 6.10 Å². The Hall–Kier alpha value is -2.08. The highest BCUT2D eigenvalue weighted by Gasteiger charge is 2.26. The van der Waals surface area contributed by atoms with E-state index < -0.39 is 0 Å². The van der Waals surface area contributed by atoms with Crippen molar-refractivity contribution in [3.63, 3.8) is 0 Å². The van der Waals surface area contributed by atoms with Crippen molar-refractivity contribution in [3.8, 4) is 11.4 Å². The van der Waals surface area contributed by atoms with Gasteiger partial charge in [-0.2, -0.15) is 0 Å². The summed E-state index contributed by atoms with van der Waals surface area (Å²) in [4.78, 5) is 12.6. The minimum absolute atomic E-state index is 0.316. The van der Waals surface area contributed by atoms with Crippen LogP contribution in [0.15, 0.2) is 54.2 Å². The molecule has 5 heteroatoms. The van der Waals surface area contributed by atoms with E-state index in [1.165, 1.54) is 5.56 Å². The van der Waals surface area contributed by atoms with Gasteiger partial charge in [0, 0.05) is 34.9 Å². The van der Waals surface area contributed by atoms with E-state index in [0.29, 0.717) is 5.92 Å². The van der Waals surface area contributed by atoms with E-state index in [9.17, 15) is 5.11 Å². The molecule has 0 bridgehead atoms. The van der Waals surface area contributed by atoms with Crippen LogP contribution in [-0.4, -0.2) is 33.1 Å². The van der Waals surface area contributed by atoms with Gasteiger partial charge < -0.3 is 5.11 Å². The maximum absolute atomic E-state index is 10.5. The molecule has 4 nitrogen and oxygen atoms in total. The van der Waals surface area contributed by atoms with E-state index in [1.807, 2.05) is 42.0 Å². The summed E-state index contributed by atoms with van der Waals surface area (Å²) in [6, 6.07) is 12.3. The quantitative estimate of drug-likeness (QED) is 0.711. The number of nitrogens with zero attached hydrogens (tertiary/aromatic N) is 3. The number of aliphatic hydroxyl groups is 1. The van der Waals surface area contributed by atoms with Crippen LogP contribution in [0.5, 0.6) is 0 Å². The molecule has 1 aliphatic heterocycles. The Morgan fingerprint density at radius 1 is 1.15 bits per heavy atom. The highest BCUT2D eigenvalue weighted by molar-refractivity contribution is 7.10. The van der Waals surface area contributed by atoms with Gasteiger partial charge in [0.25, 0.3) is 0 Å². The zero-order valence-corrected chi connectivity index (χ0v) is 16.4. The first kappa shape index (κ1) is 18.3. The maximum Gasteiger partial charge on any atom is 0.159 e. The third kappa shape index (κ3) is 4.43. The van der Waals surface area contributed by atoms with Crippen molar-refractivity contribution >= 4 is 11.3 Å². The van der Waals surface area contributed by atoms with Gasteiger partial charge in [-0.25, -0.2) is 9.97 Å². The number of aromatic nitrogens is 2. The number of piperidine rings is 1. The van der Waals surface area contributed by atoms with Crippen LogP contribution in [0.1, 0.15) is 34.9 Å². The van der Waals surface area contributed by atoms with Gasteiger partial charge in [0.15, 0.2) is 5.82 Å². The third-order valence-corrected chi connectivity index (χ3v) is 6.24. The van der Waals surface area contributed by atoms with Crippen LogP contribution in [0.3, 0.4) is 0 Å². The molecule has 27 heavy (non-hydrogen) atoms. The molecule has 1 aromatic carbocycles. The molecule has 0 spiro atoms. The molecule has 2 aromatic heterocycles. The van der Waals surface area contributed by atoms with E-state index in [-0.39, 0.29) is 6.10 Å². The Balaban J connectivity index is 1.33. The van der Waals surface area contributed by atoms with Crippen LogP contribution in [0, 0.1) is 12.8 Å². The Morgan fingerprint density at radius 3 is 2.59 bits per heavy atom. The van der Waals surface area contributed by atoms with E-state index in [2.05, 4.69) is 33.9 Å². The Labute approximate surface area is 164 Å². The molecule has 3 heterocycles. The standard InChI is InChI=1S/C22H25N3OS/c1-16-4-2-5-19(12-16)22-23-13-17(14-24-22)15-25-9-7-18(8-10-25)21(26)20-6-3-11-27-20/h2-6,11-14,18,21,26H,7-10,15H2,1H3. The smallest absolute Gasteiger partial charge is 0.159 e. The number of likely N-dealkylation sites (tertiary alicyclic amines) is 1. The monoisotopic (exact) mass is 379 g/mol. The third-order valence-electron chi connectivity index (χ3n) is 5.30. The lowest BCUT2D eigenvalue weighted by Gasteiger charge is -2.33. The molecule has 0 aliphatic carbocycles. The summed E-state index contributed by atoms with van der Waals surface area (Å²) in [5, 5.41) is 12.6. The highest BCUT2D eigenvalue weighted by atomic mass is 32.1. The molecular formula is C22H25N3OS. The van der Waals surface area contributed by atoms with Gasteiger partial charge in [-0.1, -0.05) is 29.8 Å². The number of rotatable bonds is 5. The number of benzene rings is 1. The summed E-state index contributed by atoms with van der Waals surface area (Å²) in [7, 11) is 0. The first-order chi connectivity index (χ1) is 13.2. The van der Waals surface area contributed by atoms with Crippen LogP contribution < -0.4 is 0 Å². The number of aryl methyl sites for hydroxylation is 1. The minimum atomic E-state index is -0.316. The summed E-state index contributed by atoms with van der Waals surface area (Å²) in [6.07, 6.45) is 5.63. The van der Waals surface area contributed by atoms with E-state index in [4.69, 9.17) is 0 Å². The molecule has 4 rings (SSSR count). The lowest BCUT2D eigenvalue weighted by molar-refractivity contribution is 0.0590. The second-order valence-corrected chi connectivity index (χ2v) is 8.34. The van der Waals surface area contributed by atoms with Gasteiger partial charge in [-0.15, -0.1) is 11.3 Å². The van der Waals surface area contributed by atoms with Crippen molar-refractivity contribution in [2.45, 2.75) is 32.4 Å². The van der Waals surface area contributed by atoms with Gasteiger partial charge in [-0.05, 0) is 56.3 Å². The predicted octanol–water partition coefficient (Wildman–Crippen LogP) is 4.46. The zero-order chi connectivity index (χ0) is 18.6. The number of aliphatic hydroxyl groups excluding tert-OH is 1. The fraction of sp³-hybridized carbons (Fsp3) is 0.364. The highest BCUT2D eigenvalue weighted by Crippen LogP contribution is 2.33. The first-order valence-electron chi connectivity index (χ1n) is 9.51. The zero-order valence-electron chi connectivity index (χ0n) is 15.6. The number of thiophene rings is 1. The van der Waals surface area contributed by atoms with Gasteiger partial charge >= 0.3 is 0 Å². The average molecular weight is 380 g/mol. The molecule has 1 N–H and O–H groups in total. The summed E-state index contributed by atoms with van der Waals surface area (Å²) in [6.45, 7) is 4.96. The molecular weight excluding hydrogens is 354 g/mol. The van der Waals surface area contributed by atoms with Crippen molar-refractivity contribution in [2.24, 2.45) is 5.92 Å². The van der Waals surface area contributed by atoms with E-state index in [0.717, 1.165) is 54.3 Å². The van der Waals surface area contributed by atoms with Gasteiger partial charge in [0.1, 0.15) is 0 Å². The normalized spacial score (nSPS) is 17.1. The molecule has 1 atom stereocenters. The van der Waals surface area contributed by atoms with Crippen molar-refractivity contribution in [1.29, 1.82) is 0 Å². The molecule has 0 amide bonds. The molecule has 1 saturated heterocycles.